The van der Waals surface area contributed by atoms with E-state index in [1.807, 2.05) is 24.3 Å². The molecule has 1 aliphatic rings. The van der Waals surface area contributed by atoms with Gasteiger partial charge in [-0.3, -0.25) is 14.4 Å². The van der Waals surface area contributed by atoms with E-state index in [0.29, 0.717) is 23.6 Å². The minimum Gasteiger partial charge on any atom is -0.497 e. The van der Waals surface area contributed by atoms with Crippen molar-refractivity contribution in [2.45, 2.75) is 26.2 Å². The largest absolute Gasteiger partial charge is 0.497 e. The Morgan fingerprint density at radius 3 is 2.46 bits per heavy atom. The van der Waals surface area contributed by atoms with Crippen molar-refractivity contribution in [2.24, 2.45) is 5.73 Å². The number of nitrogens with zero attached hydrogens (tertiary/aromatic N) is 3. The molecule has 0 aliphatic carbocycles. The number of amides is 3. The Kier molecular flexibility index (Phi) is 7.11. The molecule has 4 rings (SSSR count). The molecule has 2 aromatic carbocycles. The second-order valence-corrected chi connectivity index (χ2v) is 8.17. The van der Waals surface area contributed by atoms with Crippen LogP contribution in [0.25, 0.3) is 0 Å². The van der Waals surface area contributed by atoms with Crippen LogP contribution in [0, 0.1) is 6.92 Å². The van der Waals surface area contributed by atoms with Crippen molar-refractivity contribution >= 4 is 17.7 Å². The maximum Gasteiger partial charge on any atom is 0.278 e. The molecule has 10 nitrogen and oxygen atoms in total. The fourth-order valence-corrected chi connectivity index (χ4v) is 4.02. The maximum absolute atomic E-state index is 13.4. The van der Waals surface area contributed by atoms with Gasteiger partial charge in [-0.1, -0.05) is 35.5 Å². The molecule has 3 aromatic rings. The molecule has 35 heavy (non-hydrogen) atoms. The van der Waals surface area contributed by atoms with E-state index in [2.05, 4.69) is 10.5 Å². The minimum absolute atomic E-state index is 0.0756. The molecule has 1 fully saturated rings. The summed E-state index contributed by atoms with van der Waals surface area (Å²) in [5, 5.41) is 6.64. The van der Waals surface area contributed by atoms with E-state index in [0.717, 1.165) is 11.1 Å². The first-order valence-corrected chi connectivity index (χ1v) is 11.2. The van der Waals surface area contributed by atoms with Gasteiger partial charge in [0.2, 0.25) is 0 Å². The molecule has 0 saturated carbocycles. The number of ether oxygens (including phenoxy) is 1. The summed E-state index contributed by atoms with van der Waals surface area (Å²) in [5.74, 6) is -0.376. The van der Waals surface area contributed by atoms with Crippen molar-refractivity contribution in [3.8, 4) is 5.75 Å². The molecule has 0 bridgehead atoms. The summed E-state index contributed by atoms with van der Waals surface area (Å²) in [7, 11) is 1.51. The number of carbonyl (C=O) groups is 3. The molecule has 0 spiro atoms. The van der Waals surface area contributed by atoms with Gasteiger partial charge in [0.15, 0.2) is 11.9 Å². The Morgan fingerprint density at radius 1 is 1.06 bits per heavy atom. The molecule has 182 valence electrons. The average molecular weight is 478 g/mol. The Bertz CT molecular complexity index is 1240. The first kappa shape index (κ1) is 24.0. The van der Waals surface area contributed by atoms with Crippen molar-refractivity contribution in [2.75, 3.05) is 20.2 Å². The van der Waals surface area contributed by atoms with Gasteiger partial charge < -0.3 is 30.1 Å². The third kappa shape index (κ3) is 5.17. The van der Waals surface area contributed by atoms with Crippen LogP contribution in [0.3, 0.4) is 0 Å². The molecular formula is C25H27N5O5. The van der Waals surface area contributed by atoms with Gasteiger partial charge in [-0.2, -0.15) is 0 Å². The predicted octanol–water partition coefficient (Wildman–Crippen LogP) is 1.69. The van der Waals surface area contributed by atoms with Crippen molar-refractivity contribution in [1.29, 1.82) is 0 Å². The number of methoxy groups -OCH3 is 1. The van der Waals surface area contributed by atoms with Gasteiger partial charge in [-0.15, -0.1) is 0 Å². The maximum atomic E-state index is 13.4. The van der Waals surface area contributed by atoms with Gasteiger partial charge in [0, 0.05) is 37.8 Å². The van der Waals surface area contributed by atoms with Gasteiger partial charge in [-0.25, -0.2) is 0 Å². The summed E-state index contributed by atoms with van der Waals surface area (Å²) in [6.45, 7) is 2.62. The van der Waals surface area contributed by atoms with Crippen LogP contribution < -0.4 is 15.8 Å². The van der Waals surface area contributed by atoms with E-state index >= 15 is 0 Å². The van der Waals surface area contributed by atoms with Crippen LogP contribution in [-0.4, -0.2) is 59.0 Å². The Morgan fingerprint density at radius 2 is 1.77 bits per heavy atom. The molecule has 1 saturated heterocycles. The summed E-state index contributed by atoms with van der Waals surface area (Å²) in [5.41, 5.74) is 7.93. The molecule has 10 heteroatoms. The standard InChI is InChI=1S/C25H27N5O5/c1-16-11-21(28-35-16)25(33)30-10-9-29(24(32)19-7-4-8-20(13-19)34-2)23(30)22(31)27-15-18-6-3-5-17(12-18)14-26/h3-8,11-13,23H,9-10,14-15,26H2,1-2H3,(H,27,31). The Labute approximate surface area is 202 Å². The van der Waals surface area contributed by atoms with Crippen LogP contribution in [0.2, 0.25) is 0 Å². The van der Waals surface area contributed by atoms with Crippen molar-refractivity contribution in [1.82, 2.24) is 20.3 Å². The second-order valence-electron chi connectivity index (χ2n) is 8.17. The van der Waals surface area contributed by atoms with Crippen LogP contribution in [0.1, 0.15) is 37.7 Å². The van der Waals surface area contributed by atoms with Gasteiger partial charge in [-0.05, 0) is 36.2 Å². The lowest BCUT2D eigenvalue weighted by atomic mass is 10.1. The van der Waals surface area contributed by atoms with E-state index in [1.54, 1.807) is 31.2 Å². The van der Waals surface area contributed by atoms with Gasteiger partial charge in [0.25, 0.3) is 17.7 Å². The fourth-order valence-electron chi connectivity index (χ4n) is 4.02. The van der Waals surface area contributed by atoms with Crippen LogP contribution in [0.15, 0.2) is 59.1 Å². The molecule has 3 amide bonds. The van der Waals surface area contributed by atoms with E-state index in [9.17, 15) is 14.4 Å². The molecule has 1 atom stereocenters. The molecular weight excluding hydrogens is 450 g/mol. The minimum atomic E-state index is -1.16. The topological polar surface area (TPSA) is 131 Å². The number of aryl methyl sites for hydroxylation is 1. The van der Waals surface area contributed by atoms with Crippen molar-refractivity contribution < 1.29 is 23.6 Å². The molecule has 0 radical (unpaired) electrons. The number of benzene rings is 2. The molecule has 1 aromatic heterocycles. The summed E-state index contributed by atoms with van der Waals surface area (Å²) in [4.78, 5) is 42.7. The van der Waals surface area contributed by atoms with Gasteiger partial charge in [0.05, 0.1) is 7.11 Å². The first-order valence-electron chi connectivity index (χ1n) is 11.2. The lowest BCUT2D eigenvalue weighted by Crippen LogP contribution is -2.53. The number of hydrogen-bond donors (Lipinski definition) is 2. The fraction of sp³-hybridized carbons (Fsp3) is 0.280. The number of nitrogens with two attached hydrogens (primary N) is 1. The average Bonchev–Trinajstić information content (AvgIpc) is 3.53. The van der Waals surface area contributed by atoms with Crippen LogP contribution in [0.4, 0.5) is 0 Å². The quantitative estimate of drug-likeness (QED) is 0.529. The number of carbonyl (C=O) groups excluding carboxylic acids is 3. The molecule has 2 heterocycles. The van der Waals surface area contributed by atoms with Gasteiger partial charge >= 0.3 is 0 Å². The van der Waals surface area contributed by atoms with Crippen molar-refractivity contribution in [3.63, 3.8) is 0 Å². The van der Waals surface area contributed by atoms with Crippen LogP contribution >= 0.6 is 0 Å². The summed E-state index contributed by atoms with van der Waals surface area (Å²) >= 11 is 0. The zero-order valence-corrected chi connectivity index (χ0v) is 19.6. The predicted molar refractivity (Wildman–Crippen MR) is 126 cm³/mol. The normalized spacial score (nSPS) is 15.2. The highest BCUT2D eigenvalue weighted by Crippen LogP contribution is 2.23. The lowest BCUT2D eigenvalue weighted by molar-refractivity contribution is -0.128. The third-order valence-corrected chi connectivity index (χ3v) is 5.79. The zero-order chi connectivity index (χ0) is 24.9. The van der Waals surface area contributed by atoms with E-state index in [4.69, 9.17) is 15.0 Å². The van der Waals surface area contributed by atoms with E-state index < -0.39 is 18.0 Å². The number of rotatable bonds is 7. The molecule has 1 aliphatic heterocycles. The van der Waals surface area contributed by atoms with Crippen molar-refractivity contribution in [3.05, 3.63) is 82.7 Å². The van der Waals surface area contributed by atoms with E-state index in [1.165, 1.54) is 23.0 Å². The Hall–Kier alpha value is -4.18. The first-order chi connectivity index (χ1) is 16.9. The van der Waals surface area contributed by atoms with E-state index in [-0.39, 0.29) is 31.2 Å². The highest BCUT2D eigenvalue weighted by atomic mass is 16.5. The number of hydrogen-bond acceptors (Lipinski definition) is 7. The summed E-state index contributed by atoms with van der Waals surface area (Å²) in [6, 6.07) is 15.7. The SMILES string of the molecule is COc1cccc(C(=O)N2CCN(C(=O)c3cc(C)on3)C2C(=O)NCc2cccc(CN)c2)c1. The van der Waals surface area contributed by atoms with Crippen LogP contribution in [0.5, 0.6) is 5.75 Å². The monoisotopic (exact) mass is 477 g/mol. The zero-order valence-electron chi connectivity index (χ0n) is 19.6. The highest BCUT2D eigenvalue weighted by molar-refractivity contribution is 6.01. The summed E-state index contributed by atoms with van der Waals surface area (Å²) in [6.07, 6.45) is -1.16. The third-order valence-electron chi connectivity index (χ3n) is 5.79. The lowest BCUT2D eigenvalue weighted by Gasteiger charge is -2.29. The number of nitrogens with one attached hydrogen (secondary N) is 1. The van der Waals surface area contributed by atoms with Gasteiger partial charge in [0.1, 0.15) is 11.5 Å². The number of aromatic nitrogens is 1. The summed E-state index contributed by atoms with van der Waals surface area (Å²) < 4.78 is 10.3. The molecule has 1 unspecified atom stereocenters. The smallest absolute Gasteiger partial charge is 0.278 e. The molecule has 3 N–H and O–H groups in total. The Balaban J connectivity index is 1.60. The van der Waals surface area contributed by atoms with Crippen LogP contribution in [-0.2, 0) is 17.9 Å². The highest BCUT2D eigenvalue weighted by Gasteiger charge is 2.43. The second kappa shape index (κ2) is 10.4.